The van der Waals surface area contributed by atoms with E-state index in [0.29, 0.717) is 0 Å². The van der Waals surface area contributed by atoms with Crippen LogP contribution in [-0.4, -0.2) is 41.2 Å². The van der Waals surface area contributed by atoms with Gasteiger partial charge in [-0.3, -0.25) is 9.59 Å². The maximum atomic E-state index is 13.6. The third-order valence-corrected chi connectivity index (χ3v) is 2.70. The fourth-order valence-electron chi connectivity index (χ4n) is 1.19. The molecule has 0 aliphatic carbocycles. The number of carbonyl (C=O) groups is 2. The van der Waals surface area contributed by atoms with Gasteiger partial charge in [0.25, 0.3) is 11.6 Å². The lowest BCUT2D eigenvalue weighted by molar-refractivity contribution is -0.346. The Kier molecular flexibility index (Phi) is 5.71. The van der Waals surface area contributed by atoms with Crippen LogP contribution in [0, 0.1) is 0 Å². The molecule has 0 aromatic carbocycles. The van der Waals surface area contributed by atoms with Crippen molar-refractivity contribution in [1.82, 2.24) is 0 Å². The minimum Gasteiger partial charge on any atom is -0.289 e. The molecule has 1 unspecified atom stereocenters. The summed E-state index contributed by atoms with van der Waals surface area (Å²) in [7, 11) is 0. The van der Waals surface area contributed by atoms with E-state index in [9.17, 15) is 66.7 Å². The quantitative estimate of drug-likeness (QED) is 0.488. The molecule has 0 aromatic heterocycles. The van der Waals surface area contributed by atoms with E-state index in [0.717, 1.165) is 0 Å². The number of hydrogen-bond donors (Lipinski definition) is 0. The van der Waals surface area contributed by atoms with E-state index in [1.807, 2.05) is 0 Å². The van der Waals surface area contributed by atoms with Gasteiger partial charge in [-0.1, -0.05) is 0 Å². The molecule has 0 amide bonds. The number of hydrogen-bond acceptors (Lipinski definition) is 2. The van der Waals surface area contributed by atoms with Crippen molar-refractivity contribution in [3.63, 3.8) is 0 Å². The van der Waals surface area contributed by atoms with Gasteiger partial charge in [0.1, 0.15) is 0 Å². The molecule has 15 heteroatoms. The SMILES string of the molecule is CC(F)(C(=O)C(F)(F)C(F)(F)C(F)(F)F)C(F)(F)C(=O)C(F)=C(F)F. The highest BCUT2D eigenvalue weighted by Gasteiger charge is 2.81. The largest absolute Gasteiger partial charge is 0.460 e. The van der Waals surface area contributed by atoms with Crippen LogP contribution in [0.1, 0.15) is 6.92 Å². The number of halogens is 13. The van der Waals surface area contributed by atoms with Crippen molar-refractivity contribution >= 4 is 11.6 Å². The number of Topliss-reactive ketones (excluding diaryl/α,β-unsaturated/α-hetero) is 2. The van der Waals surface area contributed by atoms with E-state index < -0.39 is 60.0 Å². The van der Waals surface area contributed by atoms with Crippen LogP contribution in [0.4, 0.5) is 57.1 Å². The predicted molar refractivity (Wildman–Crippen MR) is 50.8 cm³/mol. The lowest BCUT2D eigenvalue weighted by Crippen LogP contribution is -2.65. The van der Waals surface area contributed by atoms with Crippen molar-refractivity contribution in [2.75, 3.05) is 0 Å². The first-order valence-electron chi connectivity index (χ1n) is 5.37. The number of rotatable bonds is 6. The second-order valence-corrected chi connectivity index (χ2v) is 4.46. The monoisotopic (exact) mass is 402 g/mol. The summed E-state index contributed by atoms with van der Waals surface area (Å²) < 4.78 is 163. The minimum atomic E-state index is -7.37. The Bertz CT molecular complexity index is 594. The van der Waals surface area contributed by atoms with Crippen molar-refractivity contribution in [2.24, 2.45) is 0 Å². The summed E-state index contributed by atoms with van der Waals surface area (Å²) in [6.07, 6.45) is -11.0. The molecule has 0 N–H and O–H groups in total. The van der Waals surface area contributed by atoms with E-state index in [4.69, 9.17) is 0 Å². The van der Waals surface area contributed by atoms with E-state index in [-0.39, 0.29) is 0 Å². The van der Waals surface area contributed by atoms with Crippen molar-refractivity contribution in [1.29, 1.82) is 0 Å². The van der Waals surface area contributed by atoms with Gasteiger partial charge < -0.3 is 0 Å². The highest BCUT2D eigenvalue weighted by Crippen LogP contribution is 2.50. The molecule has 0 aliphatic heterocycles. The molecule has 2 nitrogen and oxygen atoms in total. The lowest BCUT2D eigenvalue weighted by Gasteiger charge is -2.33. The first-order chi connectivity index (χ1) is 10.7. The van der Waals surface area contributed by atoms with Crippen LogP contribution in [0.2, 0.25) is 0 Å². The highest BCUT2D eigenvalue weighted by atomic mass is 19.4. The molecular weight excluding hydrogens is 399 g/mol. The van der Waals surface area contributed by atoms with Crippen LogP contribution in [0.5, 0.6) is 0 Å². The Morgan fingerprint density at radius 1 is 0.680 bits per heavy atom. The third-order valence-electron chi connectivity index (χ3n) is 2.70. The highest BCUT2D eigenvalue weighted by molar-refractivity contribution is 6.07. The van der Waals surface area contributed by atoms with Gasteiger partial charge in [-0.05, 0) is 6.92 Å². The Balaban J connectivity index is 6.23. The van der Waals surface area contributed by atoms with Crippen molar-refractivity contribution < 1.29 is 66.7 Å². The van der Waals surface area contributed by atoms with Gasteiger partial charge in [-0.25, -0.2) is 4.39 Å². The van der Waals surface area contributed by atoms with E-state index in [1.54, 1.807) is 0 Å². The van der Waals surface area contributed by atoms with Gasteiger partial charge >= 0.3 is 30.0 Å². The number of alkyl halides is 10. The molecule has 0 radical (unpaired) electrons. The van der Waals surface area contributed by atoms with Gasteiger partial charge in [0.05, 0.1) is 0 Å². The molecule has 0 aromatic rings. The molecular formula is C10H3F13O2. The normalized spacial score (nSPS) is 16.2. The molecule has 0 rings (SSSR count). The summed E-state index contributed by atoms with van der Waals surface area (Å²) in [6.45, 7) is -1.07. The zero-order valence-electron chi connectivity index (χ0n) is 11.2. The summed E-state index contributed by atoms with van der Waals surface area (Å²) in [5.74, 6) is -33.1. The van der Waals surface area contributed by atoms with E-state index >= 15 is 0 Å². The molecule has 146 valence electrons. The molecule has 0 saturated heterocycles. The van der Waals surface area contributed by atoms with Crippen molar-refractivity contribution in [2.45, 2.75) is 36.5 Å². The smallest absolute Gasteiger partial charge is 0.289 e. The maximum Gasteiger partial charge on any atom is 0.460 e. The minimum absolute atomic E-state index is 1.07. The van der Waals surface area contributed by atoms with Crippen molar-refractivity contribution in [3.8, 4) is 0 Å². The molecule has 0 saturated carbocycles. The Morgan fingerprint density at radius 2 is 1.04 bits per heavy atom. The van der Waals surface area contributed by atoms with Crippen LogP contribution in [0.25, 0.3) is 0 Å². The van der Waals surface area contributed by atoms with Crippen LogP contribution < -0.4 is 0 Å². The van der Waals surface area contributed by atoms with Crippen molar-refractivity contribution in [3.05, 3.63) is 11.9 Å². The summed E-state index contributed by atoms with van der Waals surface area (Å²) in [5, 5.41) is 0. The first kappa shape index (κ1) is 23.2. The second kappa shape index (κ2) is 6.16. The maximum absolute atomic E-state index is 13.6. The third kappa shape index (κ3) is 3.44. The van der Waals surface area contributed by atoms with Crippen LogP contribution in [0.3, 0.4) is 0 Å². The molecule has 25 heavy (non-hydrogen) atoms. The average Bonchev–Trinajstić information content (AvgIpc) is 2.42. The molecule has 0 spiro atoms. The van der Waals surface area contributed by atoms with E-state index in [1.165, 1.54) is 0 Å². The number of allylic oxidation sites excluding steroid dienone is 1. The first-order valence-corrected chi connectivity index (χ1v) is 5.37. The molecule has 0 bridgehead atoms. The Morgan fingerprint density at radius 3 is 1.32 bits per heavy atom. The van der Waals surface area contributed by atoms with Gasteiger partial charge in [-0.15, -0.1) is 0 Å². The average molecular weight is 402 g/mol. The topological polar surface area (TPSA) is 34.1 Å². The summed E-state index contributed by atoms with van der Waals surface area (Å²) in [5.41, 5.74) is -5.91. The summed E-state index contributed by atoms with van der Waals surface area (Å²) in [4.78, 5) is 21.5. The fraction of sp³-hybridized carbons (Fsp3) is 0.600. The summed E-state index contributed by atoms with van der Waals surface area (Å²) >= 11 is 0. The van der Waals surface area contributed by atoms with Crippen LogP contribution in [0.15, 0.2) is 11.9 Å². The fourth-order valence-corrected chi connectivity index (χ4v) is 1.19. The van der Waals surface area contributed by atoms with Gasteiger partial charge in [0.15, 0.2) is 0 Å². The van der Waals surface area contributed by atoms with Crippen LogP contribution in [-0.2, 0) is 9.59 Å². The van der Waals surface area contributed by atoms with E-state index in [2.05, 4.69) is 0 Å². The molecule has 0 fully saturated rings. The zero-order valence-corrected chi connectivity index (χ0v) is 11.2. The number of ketones is 2. The Labute approximate surface area is 128 Å². The molecule has 0 aliphatic rings. The molecule has 0 heterocycles. The predicted octanol–water partition coefficient (Wildman–Crippen LogP) is 4.40. The van der Waals surface area contributed by atoms with Gasteiger partial charge in [0.2, 0.25) is 11.5 Å². The Hall–Kier alpha value is -1.83. The summed E-state index contributed by atoms with van der Waals surface area (Å²) in [6, 6.07) is 0. The second-order valence-electron chi connectivity index (χ2n) is 4.46. The molecule has 1 atom stereocenters. The zero-order chi connectivity index (χ0) is 20.8. The lowest BCUT2D eigenvalue weighted by atomic mass is 9.86. The van der Waals surface area contributed by atoms with Gasteiger partial charge in [-0.2, -0.15) is 52.7 Å². The van der Waals surface area contributed by atoms with Crippen LogP contribution >= 0.6 is 0 Å². The number of carbonyl (C=O) groups excluding carboxylic acids is 2. The van der Waals surface area contributed by atoms with Gasteiger partial charge in [0, 0.05) is 0 Å². The standard InChI is InChI=1S/C10H3F13O2/c1-6(14,7(15,16)3(24)2(11)4(12)13)5(25)8(17,18)9(19,20)10(21,22)23/h1H3.